The molecule has 2 aliphatic rings. The molecule has 0 unspecified atom stereocenters. The van der Waals surface area contributed by atoms with E-state index < -0.39 is 0 Å². The lowest BCUT2D eigenvalue weighted by atomic mass is 9.75. The molecule has 1 saturated carbocycles. The van der Waals surface area contributed by atoms with E-state index in [0.29, 0.717) is 11.3 Å². The highest BCUT2D eigenvalue weighted by atomic mass is 15.2. The van der Waals surface area contributed by atoms with Crippen LogP contribution in [0.2, 0.25) is 0 Å². The molecule has 104 valence electrons. The van der Waals surface area contributed by atoms with Crippen LogP contribution in [0, 0.1) is 22.7 Å². The molecule has 1 heterocycles. The van der Waals surface area contributed by atoms with E-state index >= 15 is 0 Å². The number of nitrogens with one attached hydrogen (secondary N) is 1. The summed E-state index contributed by atoms with van der Waals surface area (Å²) in [4.78, 5) is 2.37. The number of hydrogen-bond acceptors (Lipinski definition) is 1. The smallest absolute Gasteiger partial charge is 0.0989 e. The highest BCUT2D eigenvalue weighted by Crippen LogP contribution is 2.35. The Hall–Kier alpha value is -0.530. The van der Waals surface area contributed by atoms with Crippen LogP contribution >= 0.6 is 0 Å². The first kappa shape index (κ1) is 13.9. The molecule has 2 nitrogen and oxygen atoms in total. The van der Waals surface area contributed by atoms with Crippen LogP contribution in [-0.4, -0.2) is 23.8 Å². The molecular formula is C16H30N2. The third kappa shape index (κ3) is 3.27. The second kappa shape index (κ2) is 5.63. The van der Waals surface area contributed by atoms with Crippen LogP contribution in [0.3, 0.4) is 0 Å². The number of likely N-dealkylation sites (tertiary alicyclic amines) is 1. The molecule has 18 heavy (non-hydrogen) atoms. The minimum absolute atomic E-state index is 0.444. The maximum Gasteiger partial charge on any atom is 0.0989 e. The molecule has 2 heteroatoms. The summed E-state index contributed by atoms with van der Waals surface area (Å²) in [6, 6.07) is 0. The Balaban J connectivity index is 1.83. The van der Waals surface area contributed by atoms with Crippen molar-refractivity contribution >= 4 is 5.84 Å². The van der Waals surface area contributed by atoms with E-state index in [0.717, 1.165) is 24.8 Å². The Morgan fingerprint density at radius 3 is 2.00 bits per heavy atom. The lowest BCUT2D eigenvalue weighted by Gasteiger charge is -2.41. The van der Waals surface area contributed by atoms with Gasteiger partial charge in [-0.1, -0.05) is 40.0 Å². The van der Waals surface area contributed by atoms with Gasteiger partial charge in [0.2, 0.25) is 0 Å². The fourth-order valence-electron chi connectivity index (χ4n) is 3.62. The van der Waals surface area contributed by atoms with Gasteiger partial charge in [-0.2, -0.15) is 0 Å². The molecule has 1 aliphatic carbocycles. The first-order valence-corrected chi connectivity index (χ1v) is 7.82. The van der Waals surface area contributed by atoms with E-state index in [9.17, 15) is 0 Å². The molecule has 1 saturated heterocycles. The van der Waals surface area contributed by atoms with Crippen molar-refractivity contribution in [2.75, 3.05) is 13.1 Å². The van der Waals surface area contributed by atoms with Gasteiger partial charge >= 0.3 is 0 Å². The monoisotopic (exact) mass is 250 g/mol. The maximum absolute atomic E-state index is 8.43. The second-order valence-electron chi connectivity index (χ2n) is 7.35. The van der Waals surface area contributed by atoms with Gasteiger partial charge < -0.3 is 4.90 Å². The first-order valence-electron chi connectivity index (χ1n) is 7.82. The van der Waals surface area contributed by atoms with Crippen molar-refractivity contribution in [2.45, 2.75) is 65.7 Å². The van der Waals surface area contributed by atoms with Crippen molar-refractivity contribution in [3.8, 4) is 0 Å². The van der Waals surface area contributed by atoms with E-state index in [1.165, 1.54) is 44.9 Å². The lowest BCUT2D eigenvalue weighted by molar-refractivity contribution is 0.144. The van der Waals surface area contributed by atoms with Crippen molar-refractivity contribution in [3.63, 3.8) is 0 Å². The predicted octanol–water partition coefficient (Wildman–Crippen LogP) is 4.30. The van der Waals surface area contributed by atoms with Crippen LogP contribution in [-0.2, 0) is 0 Å². The predicted molar refractivity (Wildman–Crippen MR) is 78.1 cm³/mol. The first-order chi connectivity index (χ1) is 8.48. The van der Waals surface area contributed by atoms with Gasteiger partial charge in [-0.25, -0.2) is 0 Å². The highest BCUT2D eigenvalue weighted by molar-refractivity contribution is 5.81. The summed E-state index contributed by atoms with van der Waals surface area (Å²) in [5.74, 6) is 2.37. The molecule has 0 radical (unpaired) electrons. The molecule has 2 fully saturated rings. The molecule has 0 aromatic carbocycles. The van der Waals surface area contributed by atoms with Crippen LogP contribution in [0.1, 0.15) is 65.7 Å². The van der Waals surface area contributed by atoms with Gasteiger partial charge in [-0.3, -0.25) is 5.41 Å². The summed E-state index contributed by atoms with van der Waals surface area (Å²) in [6.07, 6.45) is 9.14. The number of piperidine rings is 1. The zero-order valence-corrected chi connectivity index (χ0v) is 12.5. The summed E-state index contributed by atoms with van der Waals surface area (Å²) >= 11 is 0. The minimum atomic E-state index is 0.444. The largest absolute Gasteiger partial charge is 0.360 e. The molecule has 2 rings (SSSR count). The third-order valence-electron chi connectivity index (χ3n) is 5.05. The normalized spacial score (nSPS) is 24.3. The van der Waals surface area contributed by atoms with Crippen molar-refractivity contribution in [3.05, 3.63) is 0 Å². The summed E-state index contributed by atoms with van der Waals surface area (Å²) in [5.41, 5.74) is 0.444. The fraction of sp³-hybridized carbons (Fsp3) is 0.938. The molecule has 1 N–H and O–H groups in total. The van der Waals surface area contributed by atoms with Gasteiger partial charge in [0.1, 0.15) is 0 Å². The van der Waals surface area contributed by atoms with Crippen LogP contribution < -0.4 is 0 Å². The van der Waals surface area contributed by atoms with E-state index in [1.807, 2.05) is 0 Å². The Bertz CT molecular complexity index is 276. The summed E-state index contributed by atoms with van der Waals surface area (Å²) in [7, 11) is 0. The van der Waals surface area contributed by atoms with Crippen LogP contribution in [0.5, 0.6) is 0 Å². The molecule has 0 bridgehead atoms. The van der Waals surface area contributed by atoms with E-state index in [4.69, 9.17) is 5.41 Å². The third-order valence-corrected chi connectivity index (χ3v) is 5.05. The van der Waals surface area contributed by atoms with Crippen molar-refractivity contribution in [1.82, 2.24) is 4.90 Å². The van der Waals surface area contributed by atoms with Crippen LogP contribution in [0.4, 0.5) is 0 Å². The topological polar surface area (TPSA) is 27.1 Å². The van der Waals surface area contributed by atoms with Gasteiger partial charge in [0.05, 0.1) is 5.84 Å². The Labute approximate surface area is 113 Å². The minimum Gasteiger partial charge on any atom is -0.360 e. The van der Waals surface area contributed by atoms with Crippen LogP contribution in [0.25, 0.3) is 0 Å². The molecule has 0 spiro atoms. The van der Waals surface area contributed by atoms with Gasteiger partial charge in [0.15, 0.2) is 0 Å². The Morgan fingerprint density at radius 2 is 1.50 bits per heavy atom. The van der Waals surface area contributed by atoms with Crippen molar-refractivity contribution in [1.29, 1.82) is 5.41 Å². The Morgan fingerprint density at radius 1 is 0.944 bits per heavy atom. The van der Waals surface area contributed by atoms with Gasteiger partial charge in [-0.15, -0.1) is 0 Å². The lowest BCUT2D eigenvalue weighted by Crippen LogP contribution is -2.44. The quantitative estimate of drug-likeness (QED) is 0.545. The fourth-order valence-corrected chi connectivity index (χ4v) is 3.62. The van der Waals surface area contributed by atoms with Gasteiger partial charge in [0, 0.05) is 19.0 Å². The second-order valence-corrected chi connectivity index (χ2v) is 7.35. The zero-order chi connectivity index (χ0) is 13.2. The number of rotatable bonds is 1. The molecule has 0 aromatic rings. The summed E-state index contributed by atoms with van der Waals surface area (Å²) in [6.45, 7) is 9.33. The van der Waals surface area contributed by atoms with E-state index in [1.54, 1.807) is 0 Å². The zero-order valence-electron chi connectivity index (χ0n) is 12.5. The average Bonchev–Trinajstić information content (AvgIpc) is 2.38. The van der Waals surface area contributed by atoms with E-state index in [2.05, 4.69) is 25.7 Å². The standard InChI is InChI=1S/C16H30N2/c1-16(2,3)14-9-11-18(12-10-14)15(17)13-7-5-4-6-8-13/h13-14,17H,4-12H2,1-3H3. The highest BCUT2D eigenvalue weighted by Gasteiger charge is 2.31. The van der Waals surface area contributed by atoms with Crippen molar-refractivity contribution in [2.24, 2.45) is 17.3 Å². The average molecular weight is 250 g/mol. The Kier molecular flexibility index (Phi) is 4.34. The number of nitrogens with zero attached hydrogens (tertiary/aromatic N) is 1. The SMILES string of the molecule is CC(C)(C)C1CCN(C(=N)C2CCCCC2)CC1. The molecule has 1 aliphatic heterocycles. The van der Waals surface area contributed by atoms with Gasteiger partial charge in [0.25, 0.3) is 0 Å². The maximum atomic E-state index is 8.43. The molecule has 0 atom stereocenters. The van der Waals surface area contributed by atoms with E-state index in [-0.39, 0.29) is 0 Å². The summed E-state index contributed by atoms with van der Waals surface area (Å²) < 4.78 is 0. The number of amidine groups is 1. The van der Waals surface area contributed by atoms with Gasteiger partial charge in [-0.05, 0) is 37.0 Å². The molecule has 0 amide bonds. The van der Waals surface area contributed by atoms with Crippen molar-refractivity contribution < 1.29 is 0 Å². The molecule has 0 aromatic heterocycles. The number of hydrogen-bond donors (Lipinski definition) is 1. The molecular weight excluding hydrogens is 220 g/mol. The van der Waals surface area contributed by atoms with Crippen LogP contribution in [0.15, 0.2) is 0 Å². The summed E-state index contributed by atoms with van der Waals surface area (Å²) in [5, 5.41) is 8.43.